The third-order valence-corrected chi connectivity index (χ3v) is 5.53. The highest BCUT2D eigenvalue weighted by Gasteiger charge is 2.25. The number of anilines is 1. The quantitative estimate of drug-likeness (QED) is 0.900. The van der Waals surface area contributed by atoms with E-state index in [4.69, 9.17) is 0 Å². The minimum Gasteiger partial charge on any atom is -0.322 e. The molecule has 3 rings (SSSR count). The number of carbonyl (C=O) groups excluding carboxylic acids is 1. The number of hydrogen-bond donors (Lipinski definition) is 1. The number of rotatable bonds is 4. The lowest BCUT2D eigenvalue weighted by Gasteiger charge is -2.38. The van der Waals surface area contributed by atoms with E-state index < -0.39 is 0 Å². The van der Waals surface area contributed by atoms with Gasteiger partial charge in [0.15, 0.2) is 0 Å². The normalized spacial score (nSPS) is 22.2. The monoisotopic (exact) mass is 356 g/mol. The van der Waals surface area contributed by atoms with Crippen LogP contribution in [-0.4, -0.2) is 73.6 Å². The number of nitrogens with one attached hydrogen (secondary N) is 1. The second-order valence-corrected chi connectivity index (χ2v) is 7.85. The molecule has 1 atom stereocenters. The molecule has 26 heavy (non-hydrogen) atoms. The number of allylic oxidation sites excluding steroid dienone is 1. The van der Waals surface area contributed by atoms with Crippen LogP contribution in [0.2, 0.25) is 0 Å². The van der Waals surface area contributed by atoms with Crippen LogP contribution in [0, 0.1) is 5.92 Å². The summed E-state index contributed by atoms with van der Waals surface area (Å²) >= 11 is 0. The van der Waals surface area contributed by atoms with Gasteiger partial charge in [0.25, 0.3) is 0 Å². The second-order valence-electron chi connectivity index (χ2n) is 7.85. The van der Waals surface area contributed by atoms with Crippen LogP contribution in [0.1, 0.15) is 25.3 Å². The molecule has 1 aromatic carbocycles. The molecule has 2 aliphatic rings. The summed E-state index contributed by atoms with van der Waals surface area (Å²) in [5.41, 5.74) is 2.97. The van der Waals surface area contributed by atoms with Crippen molar-refractivity contribution >= 4 is 17.3 Å². The Labute approximate surface area is 157 Å². The number of benzene rings is 1. The molecular formula is C21H32N4O. The Kier molecular flexibility index (Phi) is 6.33. The summed E-state index contributed by atoms with van der Waals surface area (Å²) in [7, 11) is 2.22. The molecule has 0 spiro atoms. The average molecular weight is 357 g/mol. The van der Waals surface area contributed by atoms with Gasteiger partial charge in [0.05, 0.1) is 0 Å². The molecule has 2 amide bonds. The maximum atomic E-state index is 12.5. The van der Waals surface area contributed by atoms with Gasteiger partial charge in [0, 0.05) is 45.0 Å². The van der Waals surface area contributed by atoms with Gasteiger partial charge in [-0.2, -0.15) is 0 Å². The van der Waals surface area contributed by atoms with Crippen molar-refractivity contribution in [1.82, 2.24) is 14.7 Å². The average Bonchev–Trinajstić information content (AvgIpc) is 2.63. The molecule has 1 unspecified atom stereocenters. The van der Waals surface area contributed by atoms with E-state index in [0.717, 1.165) is 48.9 Å². The summed E-state index contributed by atoms with van der Waals surface area (Å²) in [5, 5.41) is 3.01. The van der Waals surface area contributed by atoms with E-state index in [0.29, 0.717) is 0 Å². The van der Waals surface area contributed by atoms with E-state index >= 15 is 0 Å². The molecule has 0 saturated carbocycles. The summed E-state index contributed by atoms with van der Waals surface area (Å²) in [6, 6.07) is 7.88. The fourth-order valence-electron chi connectivity index (χ4n) is 3.96. The molecule has 1 N–H and O–H groups in total. The standard InChI is InChI=1S/C21H32N4O/c1-17(2)19-6-8-20(9-7-19)22-21(26)25-13-11-24(12-14-25)16-18-5-4-10-23(3)15-18/h6-9,18H,1,4-5,10-16H2,2-3H3,(H,22,26). The van der Waals surface area contributed by atoms with Gasteiger partial charge in [-0.25, -0.2) is 4.79 Å². The molecule has 2 aliphatic heterocycles. The second kappa shape index (κ2) is 8.69. The summed E-state index contributed by atoms with van der Waals surface area (Å²) in [6.07, 6.45) is 2.65. The Balaban J connectivity index is 1.43. The number of carbonyl (C=O) groups is 1. The molecular weight excluding hydrogens is 324 g/mol. The highest BCUT2D eigenvalue weighted by molar-refractivity contribution is 5.89. The van der Waals surface area contributed by atoms with Crippen LogP contribution in [0.15, 0.2) is 30.8 Å². The third-order valence-electron chi connectivity index (χ3n) is 5.53. The Morgan fingerprint density at radius 2 is 1.85 bits per heavy atom. The van der Waals surface area contributed by atoms with Gasteiger partial charge in [-0.15, -0.1) is 0 Å². The minimum absolute atomic E-state index is 0.00475. The fourth-order valence-corrected chi connectivity index (χ4v) is 3.96. The molecule has 0 radical (unpaired) electrons. The Hall–Kier alpha value is -1.85. The van der Waals surface area contributed by atoms with Crippen molar-refractivity contribution < 1.29 is 4.79 Å². The Bertz CT molecular complexity index is 619. The zero-order chi connectivity index (χ0) is 18.5. The largest absolute Gasteiger partial charge is 0.322 e. The van der Waals surface area contributed by atoms with E-state index in [1.807, 2.05) is 36.1 Å². The van der Waals surface area contributed by atoms with Crippen LogP contribution < -0.4 is 5.32 Å². The first-order valence-corrected chi connectivity index (χ1v) is 9.74. The summed E-state index contributed by atoms with van der Waals surface area (Å²) in [4.78, 5) is 19.4. The van der Waals surface area contributed by atoms with Gasteiger partial charge in [-0.3, -0.25) is 4.90 Å². The van der Waals surface area contributed by atoms with E-state index in [2.05, 4.69) is 28.7 Å². The van der Waals surface area contributed by atoms with Gasteiger partial charge in [-0.05, 0) is 57.0 Å². The number of piperidine rings is 1. The minimum atomic E-state index is 0.00475. The van der Waals surface area contributed by atoms with Crippen molar-refractivity contribution in [3.63, 3.8) is 0 Å². The van der Waals surface area contributed by atoms with Crippen molar-refractivity contribution in [3.05, 3.63) is 36.4 Å². The maximum absolute atomic E-state index is 12.5. The topological polar surface area (TPSA) is 38.8 Å². The predicted molar refractivity (Wildman–Crippen MR) is 108 cm³/mol. The van der Waals surface area contributed by atoms with Crippen LogP contribution in [0.5, 0.6) is 0 Å². The van der Waals surface area contributed by atoms with Crippen LogP contribution >= 0.6 is 0 Å². The van der Waals surface area contributed by atoms with Crippen LogP contribution in [-0.2, 0) is 0 Å². The first kappa shape index (κ1) is 18.9. The van der Waals surface area contributed by atoms with Gasteiger partial charge in [0.1, 0.15) is 0 Å². The lowest BCUT2D eigenvalue weighted by molar-refractivity contribution is 0.109. The van der Waals surface area contributed by atoms with Gasteiger partial charge < -0.3 is 15.1 Å². The molecule has 142 valence electrons. The van der Waals surface area contributed by atoms with Gasteiger partial charge in [-0.1, -0.05) is 24.3 Å². The van der Waals surface area contributed by atoms with E-state index in [1.54, 1.807) is 0 Å². The molecule has 2 heterocycles. The molecule has 5 nitrogen and oxygen atoms in total. The van der Waals surface area contributed by atoms with Crippen LogP contribution in [0.3, 0.4) is 0 Å². The number of nitrogens with zero attached hydrogens (tertiary/aromatic N) is 3. The molecule has 0 aliphatic carbocycles. The Morgan fingerprint density at radius 1 is 1.15 bits per heavy atom. The summed E-state index contributed by atoms with van der Waals surface area (Å²) in [5.74, 6) is 0.779. The number of amides is 2. The van der Waals surface area contributed by atoms with Crippen molar-refractivity contribution in [3.8, 4) is 0 Å². The molecule has 5 heteroatoms. The number of likely N-dealkylation sites (tertiary alicyclic amines) is 1. The summed E-state index contributed by atoms with van der Waals surface area (Å²) in [6.45, 7) is 13.1. The smallest absolute Gasteiger partial charge is 0.321 e. The molecule has 0 aromatic heterocycles. The first-order chi connectivity index (χ1) is 12.5. The number of piperazine rings is 1. The van der Waals surface area contributed by atoms with E-state index in [1.165, 1.54) is 32.5 Å². The molecule has 1 aromatic rings. The highest BCUT2D eigenvalue weighted by Crippen LogP contribution is 2.18. The third kappa shape index (κ3) is 5.08. The zero-order valence-electron chi connectivity index (χ0n) is 16.2. The first-order valence-electron chi connectivity index (χ1n) is 9.74. The van der Waals surface area contributed by atoms with Crippen LogP contribution in [0.25, 0.3) is 5.57 Å². The van der Waals surface area contributed by atoms with Gasteiger partial charge in [0.2, 0.25) is 0 Å². The molecule has 0 bridgehead atoms. The van der Waals surface area contributed by atoms with Crippen LogP contribution in [0.4, 0.5) is 10.5 Å². The zero-order valence-corrected chi connectivity index (χ0v) is 16.2. The van der Waals surface area contributed by atoms with Crippen molar-refractivity contribution in [2.75, 3.05) is 58.2 Å². The Morgan fingerprint density at radius 3 is 2.46 bits per heavy atom. The van der Waals surface area contributed by atoms with Crippen molar-refractivity contribution in [2.45, 2.75) is 19.8 Å². The fraction of sp³-hybridized carbons (Fsp3) is 0.571. The number of hydrogen-bond acceptors (Lipinski definition) is 3. The van der Waals surface area contributed by atoms with Gasteiger partial charge >= 0.3 is 6.03 Å². The maximum Gasteiger partial charge on any atom is 0.321 e. The molecule has 2 saturated heterocycles. The lowest BCUT2D eigenvalue weighted by Crippen LogP contribution is -2.51. The van der Waals surface area contributed by atoms with Crippen molar-refractivity contribution in [2.24, 2.45) is 5.92 Å². The lowest BCUT2D eigenvalue weighted by atomic mass is 9.97. The van der Waals surface area contributed by atoms with E-state index in [-0.39, 0.29) is 6.03 Å². The highest BCUT2D eigenvalue weighted by atomic mass is 16.2. The van der Waals surface area contributed by atoms with Crippen molar-refractivity contribution in [1.29, 1.82) is 0 Å². The van der Waals surface area contributed by atoms with E-state index in [9.17, 15) is 4.79 Å². The SMILES string of the molecule is C=C(C)c1ccc(NC(=O)N2CCN(CC3CCCN(C)C3)CC2)cc1. The predicted octanol–water partition coefficient (Wildman–Crippen LogP) is 3.21. The number of urea groups is 1. The molecule has 2 fully saturated rings. The summed E-state index contributed by atoms with van der Waals surface area (Å²) < 4.78 is 0.